The van der Waals surface area contributed by atoms with Gasteiger partial charge in [0, 0.05) is 6.54 Å². The Balaban J connectivity index is 1.74. The second-order valence-electron chi connectivity index (χ2n) is 5.40. The zero-order valence-electron chi connectivity index (χ0n) is 10.8. The number of aliphatic hydroxyl groups excluding tert-OH is 1. The van der Waals surface area contributed by atoms with Crippen LogP contribution in [-0.2, 0) is 6.54 Å². The predicted octanol–water partition coefficient (Wildman–Crippen LogP) is 0.882. The summed E-state index contributed by atoms with van der Waals surface area (Å²) in [6.07, 6.45) is 1.57. The number of H-pyrrole nitrogens is 1. The van der Waals surface area contributed by atoms with Crippen molar-refractivity contribution in [2.24, 2.45) is 0 Å². The second-order valence-corrected chi connectivity index (χ2v) is 5.40. The van der Waals surface area contributed by atoms with Gasteiger partial charge < -0.3 is 15.2 Å². The molecule has 0 spiro atoms. The van der Waals surface area contributed by atoms with Crippen LogP contribution in [0.3, 0.4) is 0 Å². The van der Waals surface area contributed by atoms with Crippen LogP contribution in [-0.4, -0.2) is 50.4 Å². The van der Waals surface area contributed by atoms with Crippen LogP contribution in [0.4, 0.5) is 0 Å². The molecule has 1 aromatic heterocycles. The first-order valence-corrected chi connectivity index (χ1v) is 6.68. The number of nitrogens with zero attached hydrogens (tertiary/aromatic N) is 2. The van der Waals surface area contributed by atoms with Gasteiger partial charge in [0.15, 0.2) is 0 Å². The SMILES string of the molecule is OC[C@]1(O)CCCN(Cc2nc3ccccc3[nH]2)C1. The van der Waals surface area contributed by atoms with E-state index in [1.807, 2.05) is 24.3 Å². The van der Waals surface area contributed by atoms with Crippen molar-refractivity contribution < 1.29 is 10.2 Å². The van der Waals surface area contributed by atoms with Gasteiger partial charge in [-0.2, -0.15) is 0 Å². The molecule has 3 rings (SSSR count). The highest BCUT2D eigenvalue weighted by Crippen LogP contribution is 2.22. The molecule has 1 saturated heterocycles. The first kappa shape index (κ1) is 12.6. The number of rotatable bonds is 3. The van der Waals surface area contributed by atoms with E-state index < -0.39 is 5.60 Å². The first-order chi connectivity index (χ1) is 9.18. The largest absolute Gasteiger partial charge is 0.393 e. The highest BCUT2D eigenvalue weighted by atomic mass is 16.3. The van der Waals surface area contributed by atoms with Gasteiger partial charge >= 0.3 is 0 Å². The number of aliphatic hydroxyl groups is 2. The Morgan fingerprint density at radius 2 is 2.21 bits per heavy atom. The molecule has 1 aliphatic rings. The third-order valence-electron chi connectivity index (χ3n) is 3.74. The molecule has 0 radical (unpaired) electrons. The van der Waals surface area contributed by atoms with Crippen LogP contribution in [0, 0.1) is 0 Å². The number of hydrogen-bond acceptors (Lipinski definition) is 4. The normalized spacial score (nSPS) is 24.9. The summed E-state index contributed by atoms with van der Waals surface area (Å²) in [5.74, 6) is 0.906. The lowest BCUT2D eigenvalue weighted by molar-refractivity contribution is -0.0691. The molecule has 0 unspecified atom stereocenters. The van der Waals surface area contributed by atoms with Crippen molar-refractivity contribution in [3.05, 3.63) is 30.1 Å². The molecule has 1 atom stereocenters. The van der Waals surface area contributed by atoms with Crippen LogP contribution in [0.1, 0.15) is 18.7 Å². The molecule has 19 heavy (non-hydrogen) atoms. The Bertz CT molecular complexity index is 536. The van der Waals surface area contributed by atoms with Crippen molar-refractivity contribution in [3.8, 4) is 0 Å². The van der Waals surface area contributed by atoms with Gasteiger partial charge in [0.05, 0.1) is 24.2 Å². The first-order valence-electron chi connectivity index (χ1n) is 6.68. The van der Waals surface area contributed by atoms with Crippen molar-refractivity contribution in [1.29, 1.82) is 0 Å². The van der Waals surface area contributed by atoms with Crippen LogP contribution in [0.5, 0.6) is 0 Å². The molecular weight excluding hydrogens is 242 g/mol. The number of aromatic amines is 1. The van der Waals surface area contributed by atoms with E-state index in [1.165, 1.54) is 0 Å². The van der Waals surface area contributed by atoms with E-state index in [0.717, 1.165) is 29.8 Å². The minimum atomic E-state index is -0.954. The smallest absolute Gasteiger partial charge is 0.121 e. The number of imidazole rings is 1. The highest BCUT2D eigenvalue weighted by molar-refractivity contribution is 5.74. The van der Waals surface area contributed by atoms with E-state index in [-0.39, 0.29) is 6.61 Å². The Hall–Kier alpha value is -1.43. The third-order valence-corrected chi connectivity index (χ3v) is 3.74. The number of aromatic nitrogens is 2. The lowest BCUT2D eigenvalue weighted by atomic mass is 9.94. The summed E-state index contributed by atoms with van der Waals surface area (Å²) in [5.41, 5.74) is 1.04. The van der Waals surface area contributed by atoms with Crippen molar-refractivity contribution in [2.45, 2.75) is 25.0 Å². The minimum absolute atomic E-state index is 0.177. The van der Waals surface area contributed by atoms with E-state index in [1.54, 1.807) is 0 Å². The van der Waals surface area contributed by atoms with Crippen molar-refractivity contribution in [1.82, 2.24) is 14.9 Å². The maximum Gasteiger partial charge on any atom is 0.121 e. The molecule has 102 valence electrons. The third kappa shape index (κ3) is 2.63. The van der Waals surface area contributed by atoms with Crippen LogP contribution < -0.4 is 0 Å². The van der Waals surface area contributed by atoms with Gasteiger partial charge in [0.1, 0.15) is 11.4 Å². The highest BCUT2D eigenvalue weighted by Gasteiger charge is 2.32. The molecule has 2 aromatic rings. The molecule has 2 heterocycles. The van der Waals surface area contributed by atoms with Gasteiger partial charge in [-0.15, -0.1) is 0 Å². The molecule has 1 fully saturated rings. The fraction of sp³-hybridized carbons (Fsp3) is 0.500. The van der Waals surface area contributed by atoms with Crippen molar-refractivity contribution in [3.63, 3.8) is 0 Å². The van der Waals surface area contributed by atoms with Crippen molar-refractivity contribution in [2.75, 3.05) is 19.7 Å². The molecule has 0 aliphatic carbocycles. The van der Waals surface area contributed by atoms with Crippen LogP contribution in [0.2, 0.25) is 0 Å². The average Bonchev–Trinajstić information content (AvgIpc) is 2.81. The molecule has 5 nitrogen and oxygen atoms in total. The molecule has 0 saturated carbocycles. The number of β-amino-alcohol motifs (C(OH)–C–C–N with tert-alkyl or cyclic N) is 1. The monoisotopic (exact) mass is 261 g/mol. The number of nitrogens with one attached hydrogen (secondary N) is 1. The average molecular weight is 261 g/mol. The lowest BCUT2D eigenvalue weighted by Crippen LogP contribution is -2.50. The predicted molar refractivity (Wildman–Crippen MR) is 72.6 cm³/mol. The summed E-state index contributed by atoms with van der Waals surface area (Å²) in [7, 11) is 0. The zero-order valence-corrected chi connectivity index (χ0v) is 10.8. The zero-order chi connectivity index (χ0) is 13.3. The summed E-state index contributed by atoms with van der Waals surface area (Å²) < 4.78 is 0. The summed E-state index contributed by atoms with van der Waals surface area (Å²) >= 11 is 0. The van der Waals surface area contributed by atoms with Crippen LogP contribution in [0.15, 0.2) is 24.3 Å². The Labute approximate surface area is 111 Å². The topological polar surface area (TPSA) is 72.4 Å². The maximum atomic E-state index is 10.1. The van der Waals surface area contributed by atoms with Crippen molar-refractivity contribution >= 4 is 11.0 Å². The minimum Gasteiger partial charge on any atom is -0.393 e. The van der Waals surface area contributed by atoms with E-state index in [4.69, 9.17) is 0 Å². The number of benzene rings is 1. The van der Waals surface area contributed by atoms with E-state index >= 15 is 0 Å². The molecular formula is C14H19N3O2. The number of hydrogen-bond donors (Lipinski definition) is 3. The lowest BCUT2D eigenvalue weighted by Gasteiger charge is -2.37. The summed E-state index contributed by atoms with van der Waals surface area (Å²) in [5, 5.41) is 19.4. The van der Waals surface area contributed by atoms with E-state index in [2.05, 4.69) is 14.9 Å². The van der Waals surface area contributed by atoms with E-state index in [0.29, 0.717) is 19.5 Å². The quantitative estimate of drug-likeness (QED) is 0.767. The molecule has 0 bridgehead atoms. The van der Waals surface area contributed by atoms with Gasteiger partial charge in [-0.1, -0.05) is 12.1 Å². The molecule has 3 N–H and O–H groups in total. The molecule has 0 amide bonds. The van der Waals surface area contributed by atoms with Gasteiger partial charge in [-0.3, -0.25) is 4.90 Å². The Kier molecular flexibility index (Phi) is 3.26. The van der Waals surface area contributed by atoms with Gasteiger partial charge in [-0.05, 0) is 31.5 Å². The standard InChI is InChI=1S/C14H19N3O2/c18-10-14(19)6-3-7-17(9-14)8-13-15-11-4-1-2-5-12(11)16-13/h1-2,4-5,18-19H,3,6-10H2,(H,15,16)/t14-/m0/s1. The Morgan fingerprint density at radius 3 is 3.00 bits per heavy atom. The van der Waals surface area contributed by atoms with E-state index in [9.17, 15) is 10.2 Å². The maximum absolute atomic E-state index is 10.1. The summed E-state index contributed by atoms with van der Waals surface area (Å²) in [4.78, 5) is 9.97. The number of likely N-dealkylation sites (tertiary alicyclic amines) is 1. The van der Waals surface area contributed by atoms with Gasteiger partial charge in [0.2, 0.25) is 0 Å². The molecule has 5 heteroatoms. The second kappa shape index (κ2) is 4.92. The molecule has 1 aromatic carbocycles. The van der Waals surface area contributed by atoms with Gasteiger partial charge in [-0.25, -0.2) is 4.98 Å². The fourth-order valence-electron chi connectivity index (χ4n) is 2.76. The van der Waals surface area contributed by atoms with Crippen LogP contribution in [0.25, 0.3) is 11.0 Å². The fourth-order valence-corrected chi connectivity index (χ4v) is 2.76. The summed E-state index contributed by atoms with van der Waals surface area (Å²) in [6, 6.07) is 7.94. The number of para-hydroxylation sites is 2. The number of piperidine rings is 1. The summed E-state index contributed by atoms with van der Waals surface area (Å²) in [6.45, 7) is 1.93. The number of fused-ring (bicyclic) bond motifs is 1. The molecule has 1 aliphatic heterocycles. The van der Waals surface area contributed by atoms with Gasteiger partial charge in [0.25, 0.3) is 0 Å². The Morgan fingerprint density at radius 1 is 1.37 bits per heavy atom. The van der Waals surface area contributed by atoms with Crippen LogP contribution >= 0.6 is 0 Å².